The summed E-state index contributed by atoms with van der Waals surface area (Å²) in [4.78, 5) is 17.2. The molecule has 1 amide bonds. The van der Waals surface area contributed by atoms with Crippen LogP contribution in [0.5, 0.6) is 0 Å². The van der Waals surface area contributed by atoms with Gasteiger partial charge in [-0.25, -0.2) is 10.7 Å². The molecular formula is C10H11BrN2O4. The van der Waals surface area contributed by atoms with Crippen molar-refractivity contribution in [3.63, 3.8) is 0 Å². The Morgan fingerprint density at radius 1 is 1.53 bits per heavy atom. The first-order valence-corrected chi connectivity index (χ1v) is 5.76. The third kappa shape index (κ3) is 2.75. The fraction of sp³-hybridized carbons (Fsp3) is 0.300. The number of nitrogens with one attached hydrogen (secondary N) is 1. The van der Waals surface area contributed by atoms with E-state index in [1.165, 1.54) is 0 Å². The van der Waals surface area contributed by atoms with Crippen LogP contribution in [0.4, 0.5) is 11.4 Å². The monoisotopic (exact) mass is 302 g/mol. The van der Waals surface area contributed by atoms with Gasteiger partial charge in [-0.05, 0) is 34.1 Å². The Morgan fingerprint density at radius 3 is 3.06 bits per heavy atom. The van der Waals surface area contributed by atoms with Crippen molar-refractivity contribution in [3.8, 4) is 0 Å². The average molecular weight is 303 g/mol. The summed E-state index contributed by atoms with van der Waals surface area (Å²) >= 11 is 3.38. The maximum absolute atomic E-state index is 11.7. The predicted octanol–water partition coefficient (Wildman–Crippen LogP) is 1.63. The third-order valence-corrected chi connectivity index (χ3v) is 3.06. The molecule has 1 aromatic carbocycles. The van der Waals surface area contributed by atoms with Crippen LogP contribution < -0.4 is 10.4 Å². The minimum absolute atomic E-state index is 0.0839. The summed E-state index contributed by atoms with van der Waals surface area (Å²) in [7, 11) is 0. The molecule has 0 atom stereocenters. The number of carbonyl (C=O) groups is 1. The largest absolute Gasteiger partial charge is 0.370 e. The standard InChI is InChI=1S/C10H11BrN2O4/c11-8-2-1-7(12-17-15)5-9(8)13-3-4-16-6-10(13)14/h1-2,5,12,15H,3-4,6H2. The first kappa shape index (κ1) is 12.3. The van der Waals surface area contributed by atoms with Crippen LogP contribution in [0.15, 0.2) is 22.7 Å². The van der Waals surface area contributed by atoms with Gasteiger partial charge in [0.2, 0.25) is 0 Å². The number of hydrogen-bond donors (Lipinski definition) is 2. The normalized spacial score (nSPS) is 16.1. The fourth-order valence-electron chi connectivity index (χ4n) is 1.61. The van der Waals surface area contributed by atoms with E-state index in [1.54, 1.807) is 23.1 Å². The van der Waals surface area contributed by atoms with Crippen LogP contribution in [0.3, 0.4) is 0 Å². The molecule has 2 rings (SSSR count). The summed E-state index contributed by atoms with van der Waals surface area (Å²) in [5.41, 5.74) is 3.55. The van der Waals surface area contributed by atoms with E-state index < -0.39 is 0 Å². The number of rotatable bonds is 3. The minimum Gasteiger partial charge on any atom is -0.370 e. The van der Waals surface area contributed by atoms with E-state index in [0.29, 0.717) is 24.5 Å². The van der Waals surface area contributed by atoms with Gasteiger partial charge < -0.3 is 9.64 Å². The number of halogens is 1. The first-order chi connectivity index (χ1) is 8.22. The number of morpholine rings is 1. The summed E-state index contributed by atoms with van der Waals surface area (Å²) in [5.74, 6) is -0.0981. The highest BCUT2D eigenvalue weighted by molar-refractivity contribution is 9.10. The van der Waals surface area contributed by atoms with Crippen LogP contribution in [0, 0.1) is 0 Å². The van der Waals surface area contributed by atoms with Gasteiger partial charge in [-0.15, -0.1) is 4.99 Å². The molecule has 0 unspecified atom stereocenters. The molecule has 1 aromatic rings. The Kier molecular flexibility index (Phi) is 3.95. The van der Waals surface area contributed by atoms with E-state index in [2.05, 4.69) is 26.4 Å². The predicted molar refractivity (Wildman–Crippen MR) is 64.7 cm³/mol. The van der Waals surface area contributed by atoms with Crippen molar-refractivity contribution in [3.05, 3.63) is 22.7 Å². The number of nitrogens with zero attached hydrogens (tertiary/aromatic N) is 1. The zero-order valence-electron chi connectivity index (χ0n) is 8.85. The van der Waals surface area contributed by atoms with Gasteiger partial charge in [-0.2, -0.15) is 0 Å². The maximum atomic E-state index is 11.7. The molecule has 0 radical (unpaired) electrons. The highest BCUT2D eigenvalue weighted by Gasteiger charge is 2.22. The molecule has 92 valence electrons. The topological polar surface area (TPSA) is 71.0 Å². The van der Waals surface area contributed by atoms with Crippen molar-refractivity contribution in [1.29, 1.82) is 0 Å². The second kappa shape index (κ2) is 5.46. The molecule has 1 heterocycles. The summed E-state index contributed by atoms with van der Waals surface area (Å²) in [5, 5.41) is 8.32. The van der Waals surface area contributed by atoms with Gasteiger partial charge in [-0.3, -0.25) is 4.79 Å². The lowest BCUT2D eigenvalue weighted by Gasteiger charge is -2.28. The summed E-state index contributed by atoms with van der Waals surface area (Å²) in [6.07, 6.45) is 0. The third-order valence-electron chi connectivity index (χ3n) is 2.39. The first-order valence-electron chi connectivity index (χ1n) is 4.96. The van der Waals surface area contributed by atoms with Crippen molar-refractivity contribution in [2.75, 3.05) is 30.1 Å². The van der Waals surface area contributed by atoms with Crippen LogP contribution in [0.25, 0.3) is 0 Å². The van der Waals surface area contributed by atoms with E-state index in [9.17, 15) is 4.79 Å². The van der Waals surface area contributed by atoms with Crippen LogP contribution in [0.2, 0.25) is 0 Å². The quantitative estimate of drug-likeness (QED) is 0.656. The lowest BCUT2D eigenvalue weighted by molar-refractivity contribution is -0.215. The molecule has 1 aliphatic rings. The Balaban J connectivity index is 2.29. The number of anilines is 2. The van der Waals surface area contributed by atoms with Crippen LogP contribution in [0.1, 0.15) is 0 Å². The second-order valence-electron chi connectivity index (χ2n) is 3.46. The Hall–Kier alpha value is -1.15. The highest BCUT2D eigenvalue weighted by Crippen LogP contribution is 2.30. The molecule has 7 heteroatoms. The fourth-order valence-corrected chi connectivity index (χ4v) is 2.07. The molecule has 1 saturated heterocycles. The molecule has 0 aromatic heterocycles. The van der Waals surface area contributed by atoms with Crippen LogP contribution in [-0.2, 0) is 14.5 Å². The van der Waals surface area contributed by atoms with Crippen molar-refractivity contribution >= 4 is 33.2 Å². The highest BCUT2D eigenvalue weighted by atomic mass is 79.9. The molecular weight excluding hydrogens is 292 g/mol. The summed E-state index contributed by atoms with van der Waals surface area (Å²) in [6.45, 7) is 1.09. The lowest BCUT2D eigenvalue weighted by atomic mass is 10.2. The van der Waals surface area contributed by atoms with Crippen molar-refractivity contribution in [2.45, 2.75) is 0 Å². The number of amides is 1. The van der Waals surface area contributed by atoms with Gasteiger partial charge >= 0.3 is 0 Å². The van der Waals surface area contributed by atoms with Crippen molar-refractivity contribution in [1.82, 2.24) is 0 Å². The Labute approximate surface area is 106 Å². The van der Waals surface area contributed by atoms with E-state index in [0.717, 1.165) is 4.47 Å². The number of hydrogen-bond acceptors (Lipinski definition) is 5. The molecule has 1 fully saturated rings. The van der Waals surface area contributed by atoms with E-state index in [-0.39, 0.29) is 12.5 Å². The van der Waals surface area contributed by atoms with Gasteiger partial charge in [0.25, 0.3) is 5.91 Å². The Bertz CT molecular complexity index is 427. The van der Waals surface area contributed by atoms with Gasteiger partial charge in [0.15, 0.2) is 0 Å². The maximum Gasteiger partial charge on any atom is 0.253 e. The van der Waals surface area contributed by atoms with Gasteiger partial charge in [0.05, 0.1) is 18.0 Å². The number of carbonyl (C=O) groups excluding carboxylic acids is 1. The van der Waals surface area contributed by atoms with Gasteiger partial charge in [-0.1, -0.05) is 0 Å². The minimum atomic E-state index is -0.0981. The zero-order chi connectivity index (χ0) is 12.3. The summed E-state index contributed by atoms with van der Waals surface area (Å²) < 4.78 is 5.85. The van der Waals surface area contributed by atoms with Gasteiger partial charge in [0.1, 0.15) is 6.61 Å². The number of ether oxygens (including phenoxy) is 1. The van der Waals surface area contributed by atoms with E-state index >= 15 is 0 Å². The molecule has 0 aliphatic carbocycles. The lowest BCUT2D eigenvalue weighted by Crippen LogP contribution is -2.41. The molecule has 17 heavy (non-hydrogen) atoms. The van der Waals surface area contributed by atoms with E-state index in [1.807, 2.05) is 0 Å². The summed E-state index contributed by atoms with van der Waals surface area (Å²) in [6, 6.07) is 5.16. The molecule has 0 saturated carbocycles. The molecule has 2 N–H and O–H groups in total. The average Bonchev–Trinajstić information content (AvgIpc) is 2.33. The molecule has 0 bridgehead atoms. The SMILES string of the molecule is O=C1COCCN1c1cc(NOO)ccc1Br. The zero-order valence-corrected chi connectivity index (χ0v) is 10.4. The van der Waals surface area contributed by atoms with Gasteiger partial charge in [0, 0.05) is 11.0 Å². The molecule has 1 aliphatic heterocycles. The van der Waals surface area contributed by atoms with Crippen LogP contribution >= 0.6 is 15.9 Å². The molecule has 6 nitrogen and oxygen atoms in total. The van der Waals surface area contributed by atoms with Crippen molar-refractivity contribution in [2.24, 2.45) is 0 Å². The smallest absolute Gasteiger partial charge is 0.253 e. The molecule has 0 spiro atoms. The Morgan fingerprint density at radius 2 is 2.35 bits per heavy atom. The second-order valence-corrected chi connectivity index (χ2v) is 4.31. The van der Waals surface area contributed by atoms with E-state index in [4.69, 9.17) is 9.99 Å². The van der Waals surface area contributed by atoms with Crippen LogP contribution in [-0.4, -0.2) is 30.9 Å². The van der Waals surface area contributed by atoms with Crippen molar-refractivity contribution < 1.29 is 19.8 Å². The number of benzene rings is 1.